The quantitative estimate of drug-likeness (QED) is 0.830. The molecule has 0 amide bonds. The molecule has 1 aromatic rings. The molecule has 2 heterocycles. The second kappa shape index (κ2) is 6.36. The van der Waals surface area contributed by atoms with Gasteiger partial charge < -0.3 is 20.0 Å². The van der Waals surface area contributed by atoms with E-state index in [9.17, 15) is 0 Å². The average molecular weight is 251 g/mol. The van der Waals surface area contributed by atoms with Crippen LogP contribution in [-0.2, 0) is 0 Å². The first-order chi connectivity index (χ1) is 8.70. The van der Waals surface area contributed by atoms with Crippen LogP contribution < -0.4 is 10.6 Å². The molecule has 102 valence electrons. The van der Waals surface area contributed by atoms with Crippen molar-refractivity contribution in [2.75, 3.05) is 39.8 Å². The summed E-state index contributed by atoms with van der Waals surface area (Å²) in [5.41, 5.74) is 0. The molecule has 2 rings (SSSR count). The van der Waals surface area contributed by atoms with Gasteiger partial charge in [0.1, 0.15) is 11.5 Å². The Morgan fingerprint density at radius 1 is 1.39 bits per heavy atom. The Balaban J connectivity index is 1.94. The highest BCUT2D eigenvalue weighted by Gasteiger charge is 2.23. The van der Waals surface area contributed by atoms with Gasteiger partial charge in [-0.15, -0.1) is 0 Å². The largest absolute Gasteiger partial charge is 0.465 e. The van der Waals surface area contributed by atoms with Crippen molar-refractivity contribution in [2.24, 2.45) is 5.92 Å². The Morgan fingerprint density at radius 2 is 2.11 bits per heavy atom. The third-order valence-corrected chi connectivity index (χ3v) is 3.70. The molecular formula is C14H25N3O. The zero-order chi connectivity index (χ0) is 13.0. The fraction of sp³-hybridized carbons (Fsp3) is 0.714. The van der Waals surface area contributed by atoms with E-state index < -0.39 is 0 Å². The van der Waals surface area contributed by atoms with Crippen molar-refractivity contribution in [3.05, 3.63) is 23.7 Å². The summed E-state index contributed by atoms with van der Waals surface area (Å²) in [4.78, 5) is 2.53. The van der Waals surface area contributed by atoms with E-state index >= 15 is 0 Å². The number of hydrogen-bond donors (Lipinski definition) is 2. The molecule has 0 radical (unpaired) electrons. The first kappa shape index (κ1) is 13.6. The van der Waals surface area contributed by atoms with Crippen LogP contribution in [0.5, 0.6) is 0 Å². The predicted octanol–water partition coefficient (Wildman–Crippen LogP) is 1.39. The third kappa shape index (κ3) is 3.34. The minimum atomic E-state index is 0.300. The minimum Gasteiger partial charge on any atom is -0.465 e. The Morgan fingerprint density at radius 3 is 2.67 bits per heavy atom. The zero-order valence-corrected chi connectivity index (χ0v) is 11.7. The van der Waals surface area contributed by atoms with Crippen molar-refractivity contribution in [3.8, 4) is 0 Å². The van der Waals surface area contributed by atoms with Gasteiger partial charge >= 0.3 is 0 Å². The summed E-state index contributed by atoms with van der Waals surface area (Å²) in [6.07, 6.45) is 0. The van der Waals surface area contributed by atoms with Crippen LogP contribution >= 0.6 is 0 Å². The summed E-state index contributed by atoms with van der Waals surface area (Å²) in [5.74, 6) is 2.58. The molecule has 1 aliphatic rings. The van der Waals surface area contributed by atoms with Gasteiger partial charge in [-0.25, -0.2) is 0 Å². The topological polar surface area (TPSA) is 40.4 Å². The van der Waals surface area contributed by atoms with E-state index in [1.807, 2.05) is 20.0 Å². The Labute approximate surface area is 110 Å². The van der Waals surface area contributed by atoms with Gasteiger partial charge in [-0.05, 0) is 32.0 Å². The van der Waals surface area contributed by atoms with Crippen molar-refractivity contribution < 1.29 is 4.42 Å². The monoisotopic (exact) mass is 251 g/mol. The van der Waals surface area contributed by atoms with Crippen LogP contribution in [0.25, 0.3) is 0 Å². The van der Waals surface area contributed by atoms with Gasteiger partial charge in [0, 0.05) is 32.7 Å². The minimum absolute atomic E-state index is 0.300. The smallest absolute Gasteiger partial charge is 0.121 e. The van der Waals surface area contributed by atoms with E-state index in [-0.39, 0.29) is 0 Å². The molecule has 2 unspecified atom stereocenters. The third-order valence-electron chi connectivity index (χ3n) is 3.70. The van der Waals surface area contributed by atoms with Crippen LogP contribution in [0.15, 0.2) is 16.5 Å². The lowest BCUT2D eigenvalue weighted by Gasteiger charge is -2.32. The molecule has 0 aromatic carbocycles. The SMILES string of the molecule is CNC(c1ccc(C)o1)C(C)CN1CCNCC1. The summed E-state index contributed by atoms with van der Waals surface area (Å²) in [5, 5.41) is 6.78. The zero-order valence-electron chi connectivity index (χ0n) is 11.7. The van der Waals surface area contributed by atoms with Gasteiger partial charge in [-0.2, -0.15) is 0 Å². The van der Waals surface area contributed by atoms with Crippen molar-refractivity contribution in [2.45, 2.75) is 19.9 Å². The Kier molecular flexibility index (Phi) is 4.80. The predicted molar refractivity (Wildman–Crippen MR) is 73.7 cm³/mol. The highest BCUT2D eigenvalue weighted by Crippen LogP contribution is 2.24. The summed E-state index contributed by atoms with van der Waals surface area (Å²) in [7, 11) is 2.01. The molecule has 0 spiro atoms. The maximum atomic E-state index is 5.75. The molecule has 2 atom stereocenters. The highest BCUT2D eigenvalue weighted by atomic mass is 16.3. The molecule has 1 fully saturated rings. The summed E-state index contributed by atoms with van der Waals surface area (Å²) in [6.45, 7) is 9.93. The molecule has 0 saturated carbocycles. The first-order valence-corrected chi connectivity index (χ1v) is 6.87. The van der Waals surface area contributed by atoms with Crippen LogP contribution in [-0.4, -0.2) is 44.7 Å². The Hall–Kier alpha value is -0.840. The van der Waals surface area contributed by atoms with E-state index in [2.05, 4.69) is 28.5 Å². The van der Waals surface area contributed by atoms with E-state index in [1.165, 1.54) is 0 Å². The van der Waals surface area contributed by atoms with Crippen LogP contribution in [0.3, 0.4) is 0 Å². The molecule has 1 aliphatic heterocycles. The number of nitrogens with one attached hydrogen (secondary N) is 2. The van der Waals surface area contributed by atoms with Gasteiger partial charge in [-0.3, -0.25) is 0 Å². The second-order valence-electron chi connectivity index (χ2n) is 5.24. The summed E-state index contributed by atoms with van der Waals surface area (Å²) >= 11 is 0. The lowest BCUT2D eigenvalue weighted by atomic mass is 9.99. The van der Waals surface area contributed by atoms with Gasteiger partial charge in [0.15, 0.2) is 0 Å². The molecule has 2 N–H and O–H groups in total. The van der Waals surface area contributed by atoms with Gasteiger partial charge in [-0.1, -0.05) is 6.92 Å². The molecule has 1 aromatic heterocycles. The van der Waals surface area contributed by atoms with E-state index in [0.717, 1.165) is 44.2 Å². The number of aryl methyl sites for hydroxylation is 1. The fourth-order valence-corrected chi connectivity index (χ4v) is 2.73. The molecule has 1 saturated heterocycles. The standard InChI is InChI=1S/C14H25N3O/c1-11(10-17-8-6-16-7-9-17)14(15-3)13-5-4-12(2)18-13/h4-5,11,14-16H,6-10H2,1-3H3. The summed E-state index contributed by atoms with van der Waals surface area (Å²) < 4.78 is 5.75. The second-order valence-corrected chi connectivity index (χ2v) is 5.24. The number of hydrogen-bond acceptors (Lipinski definition) is 4. The van der Waals surface area contributed by atoms with Crippen LogP contribution in [0.1, 0.15) is 24.5 Å². The highest BCUT2D eigenvalue weighted by molar-refractivity contribution is 5.10. The van der Waals surface area contributed by atoms with Crippen molar-refractivity contribution in [3.63, 3.8) is 0 Å². The maximum absolute atomic E-state index is 5.75. The lowest BCUT2D eigenvalue weighted by Crippen LogP contribution is -2.46. The van der Waals surface area contributed by atoms with Gasteiger partial charge in [0.25, 0.3) is 0 Å². The number of nitrogens with zero attached hydrogens (tertiary/aromatic N) is 1. The van der Waals surface area contributed by atoms with Crippen molar-refractivity contribution in [1.82, 2.24) is 15.5 Å². The number of furan rings is 1. The normalized spacial score (nSPS) is 20.8. The molecular weight excluding hydrogens is 226 g/mol. The van der Waals surface area contributed by atoms with E-state index in [4.69, 9.17) is 4.42 Å². The fourth-order valence-electron chi connectivity index (χ4n) is 2.73. The Bertz CT molecular complexity index is 358. The lowest BCUT2D eigenvalue weighted by molar-refractivity contribution is 0.185. The van der Waals surface area contributed by atoms with Crippen LogP contribution in [0, 0.1) is 12.8 Å². The van der Waals surface area contributed by atoms with Crippen LogP contribution in [0.4, 0.5) is 0 Å². The average Bonchev–Trinajstić information content (AvgIpc) is 2.78. The van der Waals surface area contributed by atoms with Crippen molar-refractivity contribution in [1.29, 1.82) is 0 Å². The summed E-state index contributed by atoms with van der Waals surface area (Å²) in [6, 6.07) is 4.43. The maximum Gasteiger partial charge on any atom is 0.121 e. The number of piperazine rings is 1. The van der Waals surface area contributed by atoms with Crippen molar-refractivity contribution >= 4 is 0 Å². The van der Waals surface area contributed by atoms with Gasteiger partial charge in [0.05, 0.1) is 6.04 Å². The first-order valence-electron chi connectivity index (χ1n) is 6.87. The molecule has 4 nitrogen and oxygen atoms in total. The van der Waals surface area contributed by atoms with Gasteiger partial charge in [0.2, 0.25) is 0 Å². The van der Waals surface area contributed by atoms with Crippen LogP contribution in [0.2, 0.25) is 0 Å². The van der Waals surface area contributed by atoms with E-state index in [0.29, 0.717) is 12.0 Å². The molecule has 0 aliphatic carbocycles. The molecule has 4 heteroatoms. The van der Waals surface area contributed by atoms with E-state index in [1.54, 1.807) is 0 Å². The number of rotatable bonds is 5. The molecule has 18 heavy (non-hydrogen) atoms. The molecule has 0 bridgehead atoms.